The summed E-state index contributed by atoms with van der Waals surface area (Å²) in [6.45, 7) is 1.57. The van der Waals surface area contributed by atoms with Crippen LogP contribution >= 0.6 is 0 Å². The van der Waals surface area contributed by atoms with Gasteiger partial charge in [0.15, 0.2) is 5.76 Å². The summed E-state index contributed by atoms with van der Waals surface area (Å²) in [6.07, 6.45) is 2.57. The minimum absolute atomic E-state index is 0.435. The van der Waals surface area contributed by atoms with Gasteiger partial charge in [0.2, 0.25) is 5.78 Å². The average Bonchev–Trinajstić information content (AvgIpc) is 1.93. The van der Waals surface area contributed by atoms with Crippen LogP contribution in [0.4, 0.5) is 0 Å². The fourth-order valence-corrected chi connectivity index (χ4v) is 0.651. The third kappa shape index (κ3) is 0.857. The number of aliphatic hydroxyl groups excluding tert-OH is 1. The molecule has 0 spiro atoms. The van der Waals surface area contributed by atoms with Gasteiger partial charge in [0.1, 0.15) is 0 Å². The summed E-state index contributed by atoms with van der Waals surface area (Å²) < 4.78 is 0. The second-order valence-corrected chi connectivity index (χ2v) is 2.06. The Morgan fingerprint density at radius 2 is 1.90 bits per heavy atom. The number of carbonyl (C=O) groups is 2. The number of hydrogen-bond donors (Lipinski definition) is 1. The molecule has 10 heavy (non-hydrogen) atoms. The molecule has 1 aliphatic rings. The third-order valence-corrected chi connectivity index (χ3v) is 1.30. The van der Waals surface area contributed by atoms with Crippen LogP contribution in [0.25, 0.3) is 0 Å². The van der Waals surface area contributed by atoms with E-state index in [-0.39, 0.29) is 0 Å². The van der Waals surface area contributed by atoms with Crippen molar-refractivity contribution in [3.05, 3.63) is 23.5 Å². The quantitative estimate of drug-likeness (QED) is 0.392. The molecule has 0 fully saturated rings. The van der Waals surface area contributed by atoms with E-state index in [0.717, 1.165) is 6.08 Å². The molecule has 3 nitrogen and oxygen atoms in total. The lowest BCUT2D eigenvalue weighted by atomic mass is 10.0. The van der Waals surface area contributed by atoms with E-state index < -0.39 is 17.3 Å². The van der Waals surface area contributed by atoms with E-state index in [4.69, 9.17) is 5.11 Å². The molecule has 0 aromatic heterocycles. The van der Waals surface area contributed by atoms with E-state index >= 15 is 0 Å². The van der Waals surface area contributed by atoms with E-state index in [1.807, 2.05) is 0 Å². The minimum Gasteiger partial charge on any atom is -0.504 e. The third-order valence-electron chi connectivity index (χ3n) is 1.30. The van der Waals surface area contributed by atoms with Crippen molar-refractivity contribution in [1.82, 2.24) is 0 Å². The van der Waals surface area contributed by atoms with Gasteiger partial charge >= 0.3 is 0 Å². The van der Waals surface area contributed by atoms with E-state index in [1.165, 1.54) is 6.08 Å². The second kappa shape index (κ2) is 2.10. The Balaban J connectivity index is 3.11. The molecule has 0 heterocycles. The maximum absolute atomic E-state index is 10.6. The molecule has 0 aromatic carbocycles. The maximum atomic E-state index is 10.6. The molecule has 0 aliphatic heterocycles. The van der Waals surface area contributed by atoms with E-state index in [9.17, 15) is 9.59 Å². The highest BCUT2D eigenvalue weighted by atomic mass is 16.3. The van der Waals surface area contributed by atoms with Crippen LogP contribution in [0.5, 0.6) is 0 Å². The first kappa shape index (κ1) is 6.74. The van der Waals surface area contributed by atoms with Crippen molar-refractivity contribution in [3.8, 4) is 0 Å². The zero-order valence-corrected chi connectivity index (χ0v) is 5.42. The summed E-state index contributed by atoms with van der Waals surface area (Å²) in [5.41, 5.74) is 0.435. The summed E-state index contributed by atoms with van der Waals surface area (Å²) in [6, 6.07) is 0. The Kier molecular flexibility index (Phi) is 1.41. The monoisotopic (exact) mass is 138 g/mol. The van der Waals surface area contributed by atoms with Gasteiger partial charge in [0.25, 0.3) is 5.78 Å². The van der Waals surface area contributed by atoms with Crippen LogP contribution in [-0.4, -0.2) is 16.7 Å². The van der Waals surface area contributed by atoms with Crippen molar-refractivity contribution in [2.24, 2.45) is 0 Å². The lowest BCUT2D eigenvalue weighted by molar-refractivity contribution is -0.133. The van der Waals surface area contributed by atoms with Gasteiger partial charge in [-0.05, 0) is 18.6 Å². The average molecular weight is 138 g/mol. The topological polar surface area (TPSA) is 54.4 Å². The maximum Gasteiger partial charge on any atom is 0.267 e. The van der Waals surface area contributed by atoms with Crippen molar-refractivity contribution in [3.63, 3.8) is 0 Å². The number of aliphatic hydroxyl groups is 1. The standard InChI is InChI=1S/C7H6O3/c1-4-2-3-5(8)7(10)6(4)9/h2-3,9H,1H3. The summed E-state index contributed by atoms with van der Waals surface area (Å²) in [7, 11) is 0. The summed E-state index contributed by atoms with van der Waals surface area (Å²) in [4.78, 5) is 21.1. The number of hydrogen-bond acceptors (Lipinski definition) is 3. The van der Waals surface area contributed by atoms with Crippen LogP contribution in [0.1, 0.15) is 6.92 Å². The molecule has 1 N–H and O–H groups in total. The fraction of sp³-hybridized carbons (Fsp3) is 0.143. The number of rotatable bonds is 0. The molecule has 0 saturated carbocycles. The van der Waals surface area contributed by atoms with Crippen LogP contribution in [0.15, 0.2) is 23.5 Å². The molecule has 52 valence electrons. The van der Waals surface area contributed by atoms with Gasteiger partial charge in [-0.2, -0.15) is 0 Å². The molecule has 1 rings (SSSR count). The van der Waals surface area contributed by atoms with Crippen LogP contribution in [-0.2, 0) is 9.59 Å². The van der Waals surface area contributed by atoms with Crippen molar-refractivity contribution in [2.45, 2.75) is 6.92 Å². The van der Waals surface area contributed by atoms with Crippen molar-refractivity contribution < 1.29 is 14.7 Å². The first-order valence-electron chi connectivity index (χ1n) is 2.79. The Labute approximate surface area is 57.7 Å². The van der Waals surface area contributed by atoms with Gasteiger partial charge in [0, 0.05) is 0 Å². The van der Waals surface area contributed by atoms with Gasteiger partial charge in [0.05, 0.1) is 0 Å². The molecule has 0 bridgehead atoms. The minimum atomic E-state index is -0.819. The predicted octanol–water partition coefficient (Wildman–Crippen LogP) is 0.526. The normalized spacial score (nSPS) is 18.5. The van der Waals surface area contributed by atoms with E-state index in [1.54, 1.807) is 6.92 Å². The van der Waals surface area contributed by atoms with Crippen LogP contribution in [0.2, 0.25) is 0 Å². The lowest BCUT2D eigenvalue weighted by Gasteiger charge is -2.02. The number of carbonyl (C=O) groups excluding carboxylic acids is 2. The van der Waals surface area contributed by atoms with Crippen molar-refractivity contribution >= 4 is 11.6 Å². The molecule has 1 aliphatic carbocycles. The van der Waals surface area contributed by atoms with Gasteiger partial charge in [-0.3, -0.25) is 9.59 Å². The predicted molar refractivity (Wildman–Crippen MR) is 34.5 cm³/mol. The Hall–Kier alpha value is -1.38. The largest absolute Gasteiger partial charge is 0.504 e. The molecule has 0 radical (unpaired) electrons. The van der Waals surface area contributed by atoms with Crippen molar-refractivity contribution in [1.29, 1.82) is 0 Å². The summed E-state index contributed by atoms with van der Waals surface area (Å²) >= 11 is 0. The molecule has 3 heteroatoms. The zero-order valence-electron chi connectivity index (χ0n) is 5.42. The Morgan fingerprint density at radius 3 is 2.40 bits per heavy atom. The van der Waals surface area contributed by atoms with Crippen molar-refractivity contribution in [2.75, 3.05) is 0 Å². The summed E-state index contributed by atoms with van der Waals surface area (Å²) in [5.74, 6) is -1.92. The Morgan fingerprint density at radius 1 is 1.30 bits per heavy atom. The van der Waals surface area contributed by atoms with E-state index in [2.05, 4.69) is 0 Å². The number of Topliss-reactive ketones (excluding diaryl/α,β-unsaturated/α-hetero) is 1. The molecule has 0 aromatic rings. The first-order valence-corrected chi connectivity index (χ1v) is 2.79. The smallest absolute Gasteiger partial charge is 0.267 e. The number of allylic oxidation sites excluding steroid dienone is 4. The Bertz CT molecular complexity index is 258. The zero-order chi connectivity index (χ0) is 7.72. The lowest BCUT2D eigenvalue weighted by Crippen LogP contribution is -2.17. The molecule has 0 saturated heterocycles. The van der Waals surface area contributed by atoms with Gasteiger partial charge in [-0.1, -0.05) is 6.08 Å². The highest BCUT2D eigenvalue weighted by Gasteiger charge is 2.20. The molecule has 0 unspecified atom stereocenters. The van der Waals surface area contributed by atoms with Crippen LogP contribution < -0.4 is 0 Å². The van der Waals surface area contributed by atoms with Crippen LogP contribution in [0.3, 0.4) is 0 Å². The highest BCUT2D eigenvalue weighted by molar-refractivity contribution is 6.47. The molecular weight excluding hydrogens is 132 g/mol. The van der Waals surface area contributed by atoms with E-state index in [0.29, 0.717) is 5.57 Å². The van der Waals surface area contributed by atoms with Crippen LogP contribution in [0, 0.1) is 0 Å². The van der Waals surface area contributed by atoms with Gasteiger partial charge < -0.3 is 5.11 Å². The molecule has 0 atom stereocenters. The SMILES string of the molecule is CC1=C(O)C(=O)C(=O)C=C1. The van der Waals surface area contributed by atoms with Gasteiger partial charge in [-0.25, -0.2) is 0 Å². The molecule has 0 amide bonds. The second-order valence-electron chi connectivity index (χ2n) is 2.06. The van der Waals surface area contributed by atoms with Gasteiger partial charge in [-0.15, -0.1) is 0 Å². The summed E-state index contributed by atoms with van der Waals surface area (Å²) in [5, 5.41) is 8.87. The highest BCUT2D eigenvalue weighted by Crippen LogP contribution is 2.09. The fourth-order valence-electron chi connectivity index (χ4n) is 0.651. The molecular formula is C7H6O3. The first-order chi connectivity index (χ1) is 4.63. The number of ketones is 2.